The van der Waals surface area contributed by atoms with Crippen LogP contribution in [-0.2, 0) is 0 Å². The minimum absolute atomic E-state index is 0.0359. The zero-order valence-corrected chi connectivity index (χ0v) is 33.4. The first-order chi connectivity index (χ1) is 23.3. The summed E-state index contributed by atoms with van der Waals surface area (Å²) in [5.41, 5.74) is 0. The molecule has 0 aliphatic carbocycles. The summed E-state index contributed by atoms with van der Waals surface area (Å²) in [5.74, 6) is 0. The van der Waals surface area contributed by atoms with Crippen molar-refractivity contribution in [3.05, 3.63) is 0 Å². The first kappa shape index (κ1) is 47.0. The maximum atomic E-state index is 10.3. The van der Waals surface area contributed by atoms with Gasteiger partial charge in [-0.2, -0.15) is 0 Å². The van der Waals surface area contributed by atoms with Gasteiger partial charge in [0.05, 0.1) is 6.10 Å². The van der Waals surface area contributed by atoms with E-state index in [0.717, 1.165) is 12.8 Å². The molecule has 47 heavy (non-hydrogen) atoms. The normalized spacial score (nSPS) is 12.3. The van der Waals surface area contributed by atoms with Gasteiger partial charge in [-0.3, -0.25) is 0 Å². The number of hydrogen-bond acceptors (Lipinski definition) is 1. The summed E-state index contributed by atoms with van der Waals surface area (Å²) in [6.07, 6.45) is 60.9. The van der Waals surface area contributed by atoms with E-state index in [2.05, 4.69) is 13.8 Å². The predicted octanol–water partition coefficient (Wildman–Crippen LogP) is 17.2. The number of aliphatic hydroxyl groups is 1. The standard InChI is InChI=1S/C46H94O/c1-3-5-7-9-11-13-15-17-19-21-22-23-24-25-26-27-28-29-31-33-35-37-39-41-43-45-46(47)44-42-40-38-36-34-32-30-20-18-16-14-12-10-8-6-4-2/h46-47H,3-45H2,1-2H3. The smallest absolute Gasteiger partial charge is 0.0540 e. The van der Waals surface area contributed by atoms with Gasteiger partial charge in [-0.15, -0.1) is 0 Å². The van der Waals surface area contributed by atoms with E-state index in [9.17, 15) is 5.11 Å². The SMILES string of the molecule is CCCCCCCCCCCCCCCCCCCCCCCCCCCC(O)CCCCCCCCCCCCCCCCCC. The second-order valence-corrected chi connectivity index (χ2v) is 16.0. The Morgan fingerprint density at radius 1 is 0.213 bits per heavy atom. The van der Waals surface area contributed by atoms with Crippen LogP contribution in [0.5, 0.6) is 0 Å². The maximum Gasteiger partial charge on any atom is 0.0540 e. The Labute approximate surface area is 300 Å². The van der Waals surface area contributed by atoms with Crippen molar-refractivity contribution >= 4 is 0 Å². The zero-order chi connectivity index (χ0) is 34.0. The summed E-state index contributed by atoms with van der Waals surface area (Å²) in [6, 6.07) is 0. The van der Waals surface area contributed by atoms with Crippen LogP contribution >= 0.6 is 0 Å². The summed E-state index contributed by atoms with van der Waals surface area (Å²) in [6.45, 7) is 4.61. The molecule has 0 aliphatic heterocycles. The molecule has 284 valence electrons. The molecular weight excluding hydrogens is 569 g/mol. The van der Waals surface area contributed by atoms with Crippen LogP contribution in [0.2, 0.25) is 0 Å². The number of rotatable bonds is 43. The molecule has 0 rings (SSSR count). The Morgan fingerprint density at radius 3 is 0.489 bits per heavy atom. The zero-order valence-electron chi connectivity index (χ0n) is 33.4. The van der Waals surface area contributed by atoms with Gasteiger partial charge in [-0.05, 0) is 12.8 Å². The molecule has 0 heterocycles. The molecule has 0 saturated carbocycles. The van der Waals surface area contributed by atoms with Crippen molar-refractivity contribution in [1.29, 1.82) is 0 Å². The van der Waals surface area contributed by atoms with Gasteiger partial charge in [0.1, 0.15) is 0 Å². The van der Waals surface area contributed by atoms with Crippen molar-refractivity contribution in [2.45, 2.75) is 296 Å². The second-order valence-electron chi connectivity index (χ2n) is 16.0. The van der Waals surface area contributed by atoms with Crippen molar-refractivity contribution < 1.29 is 5.11 Å². The molecular formula is C46H94O. The fourth-order valence-corrected chi connectivity index (χ4v) is 7.59. The van der Waals surface area contributed by atoms with Gasteiger partial charge in [0, 0.05) is 0 Å². The van der Waals surface area contributed by atoms with Crippen LogP contribution in [0.15, 0.2) is 0 Å². The van der Waals surface area contributed by atoms with Gasteiger partial charge in [-0.1, -0.05) is 277 Å². The van der Waals surface area contributed by atoms with E-state index in [1.165, 1.54) is 263 Å². The number of unbranched alkanes of at least 4 members (excludes halogenated alkanes) is 39. The molecule has 1 nitrogen and oxygen atoms in total. The van der Waals surface area contributed by atoms with Gasteiger partial charge in [0.15, 0.2) is 0 Å². The lowest BCUT2D eigenvalue weighted by Crippen LogP contribution is -2.05. The van der Waals surface area contributed by atoms with Crippen molar-refractivity contribution in [3.8, 4) is 0 Å². The van der Waals surface area contributed by atoms with E-state index in [-0.39, 0.29) is 6.10 Å². The van der Waals surface area contributed by atoms with Crippen molar-refractivity contribution in [2.75, 3.05) is 0 Å². The molecule has 1 unspecified atom stereocenters. The third-order valence-electron chi connectivity index (χ3n) is 11.0. The summed E-state index contributed by atoms with van der Waals surface area (Å²) in [5, 5.41) is 10.3. The summed E-state index contributed by atoms with van der Waals surface area (Å²) in [7, 11) is 0. The largest absolute Gasteiger partial charge is 0.393 e. The molecule has 0 aromatic heterocycles. The molecule has 0 radical (unpaired) electrons. The highest BCUT2D eigenvalue weighted by molar-refractivity contribution is 4.58. The molecule has 0 aliphatic rings. The van der Waals surface area contributed by atoms with Gasteiger partial charge < -0.3 is 5.11 Å². The fourth-order valence-electron chi connectivity index (χ4n) is 7.59. The van der Waals surface area contributed by atoms with E-state index >= 15 is 0 Å². The Kier molecular flexibility index (Phi) is 43.9. The molecule has 1 N–H and O–H groups in total. The van der Waals surface area contributed by atoms with Crippen LogP contribution < -0.4 is 0 Å². The molecule has 0 amide bonds. The van der Waals surface area contributed by atoms with Crippen LogP contribution in [0.3, 0.4) is 0 Å². The highest BCUT2D eigenvalue weighted by Crippen LogP contribution is 2.18. The molecule has 1 atom stereocenters. The molecule has 0 aromatic rings. The Hall–Kier alpha value is -0.0400. The van der Waals surface area contributed by atoms with Crippen molar-refractivity contribution in [2.24, 2.45) is 0 Å². The van der Waals surface area contributed by atoms with Gasteiger partial charge >= 0.3 is 0 Å². The van der Waals surface area contributed by atoms with Crippen LogP contribution in [-0.4, -0.2) is 11.2 Å². The molecule has 0 aromatic carbocycles. The van der Waals surface area contributed by atoms with Crippen LogP contribution in [0, 0.1) is 0 Å². The van der Waals surface area contributed by atoms with E-state index < -0.39 is 0 Å². The number of hydrogen-bond donors (Lipinski definition) is 1. The van der Waals surface area contributed by atoms with E-state index in [1.54, 1.807) is 0 Å². The summed E-state index contributed by atoms with van der Waals surface area (Å²) in [4.78, 5) is 0. The monoisotopic (exact) mass is 663 g/mol. The Morgan fingerprint density at radius 2 is 0.340 bits per heavy atom. The van der Waals surface area contributed by atoms with E-state index in [1.807, 2.05) is 0 Å². The topological polar surface area (TPSA) is 20.2 Å². The molecule has 0 saturated heterocycles. The average Bonchev–Trinajstić information content (AvgIpc) is 3.08. The highest BCUT2D eigenvalue weighted by Gasteiger charge is 2.04. The number of aliphatic hydroxyl groups excluding tert-OH is 1. The first-order valence-electron chi connectivity index (χ1n) is 23.0. The van der Waals surface area contributed by atoms with Crippen LogP contribution in [0.1, 0.15) is 290 Å². The van der Waals surface area contributed by atoms with E-state index in [0.29, 0.717) is 0 Å². The lowest BCUT2D eigenvalue weighted by atomic mass is 10.0. The van der Waals surface area contributed by atoms with Gasteiger partial charge in [-0.25, -0.2) is 0 Å². The van der Waals surface area contributed by atoms with Crippen LogP contribution in [0.4, 0.5) is 0 Å². The fraction of sp³-hybridized carbons (Fsp3) is 1.00. The quantitative estimate of drug-likeness (QED) is 0.0644. The molecule has 0 spiro atoms. The lowest BCUT2D eigenvalue weighted by molar-refractivity contribution is 0.147. The summed E-state index contributed by atoms with van der Waals surface area (Å²) >= 11 is 0. The minimum atomic E-state index is -0.0359. The third-order valence-corrected chi connectivity index (χ3v) is 11.0. The Bertz CT molecular complexity index is 515. The maximum absolute atomic E-state index is 10.3. The van der Waals surface area contributed by atoms with Crippen molar-refractivity contribution in [3.63, 3.8) is 0 Å². The molecule has 1 heteroatoms. The van der Waals surface area contributed by atoms with Crippen LogP contribution in [0.25, 0.3) is 0 Å². The van der Waals surface area contributed by atoms with Gasteiger partial charge in [0.25, 0.3) is 0 Å². The first-order valence-corrected chi connectivity index (χ1v) is 23.0. The summed E-state index contributed by atoms with van der Waals surface area (Å²) < 4.78 is 0. The minimum Gasteiger partial charge on any atom is -0.393 e. The average molecular weight is 663 g/mol. The lowest BCUT2D eigenvalue weighted by Gasteiger charge is -2.10. The third kappa shape index (κ3) is 43.9. The second kappa shape index (κ2) is 44.0. The van der Waals surface area contributed by atoms with E-state index in [4.69, 9.17) is 0 Å². The highest BCUT2D eigenvalue weighted by atomic mass is 16.3. The van der Waals surface area contributed by atoms with Gasteiger partial charge in [0.2, 0.25) is 0 Å². The van der Waals surface area contributed by atoms with Crippen molar-refractivity contribution in [1.82, 2.24) is 0 Å². The molecule has 0 bridgehead atoms. The predicted molar refractivity (Wildman–Crippen MR) is 216 cm³/mol. The Balaban J connectivity index is 3.13. The molecule has 0 fully saturated rings.